The van der Waals surface area contributed by atoms with E-state index in [2.05, 4.69) is 4.72 Å². The number of benzene rings is 2. The molecular weight excluding hydrogens is 301 g/mol. The van der Waals surface area contributed by atoms with Crippen LogP contribution in [0.3, 0.4) is 0 Å². The quantitative estimate of drug-likeness (QED) is 0.922. The molecule has 0 radical (unpaired) electrons. The normalized spacial score (nSPS) is 11.5. The molecule has 2 rings (SSSR count). The summed E-state index contributed by atoms with van der Waals surface area (Å²) in [4.78, 5) is 0. The van der Waals surface area contributed by atoms with E-state index in [1.807, 2.05) is 0 Å². The van der Waals surface area contributed by atoms with Crippen molar-refractivity contribution >= 4 is 21.6 Å². The first-order chi connectivity index (χ1) is 9.44. The Labute approximate surface area is 122 Å². The molecule has 0 saturated heterocycles. The van der Waals surface area contributed by atoms with Crippen LogP contribution in [0.2, 0.25) is 5.02 Å². The Kier molecular flexibility index (Phi) is 4.75. The zero-order valence-electron chi connectivity index (χ0n) is 10.5. The Balaban J connectivity index is 1.99. The van der Waals surface area contributed by atoms with Gasteiger partial charge in [-0.1, -0.05) is 35.9 Å². The minimum atomic E-state index is -3.46. The van der Waals surface area contributed by atoms with Gasteiger partial charge in [0.1, 0.15) is 5.82 Å². The SMILES string of the molecule is O=S(=O)(Cc1cccc(Cl)c1)NCc1ccc(F)cc1. The molecule has 20 heavy (non-hydrogen) atoms. The summed E-state index contributed by atoms with van der Waals surface area (Å²) < 4.78 is 39.1. The largest absolute Gasteiger partial charge is 0.216 e. The Morgan fingerprint density at radius 1 is 1.05 bits per heavy atom. The lowest BCUT2D eigenvalue weighted by atomic mass is 10.2. The first-order valence-corrected chi connectivity index (χ1v) is 7.94. The van der Waals surface area contributed by atoms with Crippen molar-refractivity contribution in [3.63, 3.8) is 0 Å². The van der Waals surface area contributed by atoms with Crippen LogP contribution in [0.1, 0.15) is 11.1 Å². The lowest BCUT2D eigenvalue weighted by Gasteiger charge is -2.07. The van der Waals surface area contributed by atoms with E-state index in [0.717, 1.165) is 0 Å². The maximum absolute atomic E-state index is 12.7. The summed E-state index contributed by atoms with van der Waals surface area (Å²) in [6, 6.07) is 12.4. The van der Waals surface area contributed by atoms with Crippen LogP contribution in [0.25, 0.3) is 0 Å². The van der Waals surface area contributed by atoms with E-state index in [1.165, 1.54) is 24.3 Å². The Morgan fingerprint density at radius 3 is 2.40 bits per heavy atom. The van der Waals surface area contributed by atoms with Crippen LogP contribution in [0.15, 0.2) is 48.5 Å². The molecule has 2 aromatic rings. The first kappa shape index (κ1) is 15.0. The number of hydrogen-bond donors (Lipinski definition) is 1. The predicted octanol–water partition coefficient (Wildman–Crippen LogP) is 3.10. The van der Waals surface area contributed by atoms with Crippen molar-refractivity contribution < 1.29 is 12.8 Å². The van der Waals surface area contributed by atoms with E-state index < -0.39 is 10.0 Å². The molecule has 3 nitrogen and oxygen atoms in total. The van der Waals surface area contributed by atoms with Crippen LogP contribution in [0.5, 0.6) is 0 Å². The van der Waals surface area contributed by atoms with Gasteiger partial charge in [-0.2, -0.15) is 0 Å². The van der Waals surface area contributed by atoms with E-state index in [4.69, 9.17) is 11.6 Å². The number of nitrogens with one attached hydrogen (secondary N) is 1. The highest BCUT2D eigenvalue weighted by molar-refractivity contribution is 7.88. The number of hydrogen-bond acceptors (Lipinski definition) is 2. The minimum absolute atomic E-state index is 0.128. The second-order valence-electron chi connectivity index (χ2n) is 4.34. The molecule has 0 atom stereocenters. The Bertz CT molecular complexity index is 687. The third-order valence-electron chi connectivity index (χ3n) is 2.66. The van der Waals surface area contributed by atoms with Gasteiger partial charge in [-0.25, -0.2) is 17.5 Å². The second kappa shape index (κ2) is 6.35. The highest BCUT2D eigenvalue weighted by Gasteiger charge is 2.11. The molecule has 0 saturated carbocycles. The summed E-state index contributed by atoms with van der Waals surface area (Å²) in [6.07, 6.45) is 0. The summed E-state index contributed by atoms with van der Waals surface area (Å²) in [5.74, 6) is -0.495. The highest BCUT2D eigenvalue weighted by atomic mass is 35.5. The standard InChI is InChI=1S/C14H13ClFNO2S/c15-13-3-1-2-12(8-13)10-20(18,19)17-9-11-4-6-14(16)7-5-11/h1-8,17H,9-10H2. The lowest BCUT2D eigenvalue weighted by molar-refractivity contribution is 0.580. The van der Waals surface area contributed by atoms with Crippen LogP contribution >= 0.6 is 11.6 Å². The molecular formula is C14H13ClFNO2S. The maximum atomic E-state index is 12.7. The third kappa shape index (κ3) is 4.59. The minimum Gasteiger partial charge on any atom is -0.212 e. The van der Waals surface area contributed by atoms with Crippen LogP contribution in [-0.2, 0) is 22.3 Å². The molecule has 106 valence electrons. The van der Waals surface area contributed by atoms with Gasteiger partial charge in [0.05, 0.1) is 5.75 Å². The molecule has 6 heteroatoms. The maximum Gasteiger partial charge on any atom is 0.216 e. The van der Waals surface area contributed by atoms with E-state index in [9.17, 15) is 12.8 Å². The van der Waals surface area contributed by atoms with E-state index in [1.54, 1.807) is 24.3 Å². The molecule has 0 aliphatic carbocycles. The summed E-state index contributed by atoms with van der Waals surface area (Å²) in [6.45, 7) is 0.128. The van der Waals surface area contributed by atoms with Crippen LogP contribution in [0.4, 0.5) is 4.39 Å². The molecule has 0 fully saturated rings. The van der Waals surface area contributed by atoms with Crippen molar-refractivity contribution in [2.24, 2.45) is 0 Å². The molecule has 0 aliphatic heterocycles. The molecule has 0 spiro atoms. The van der Waals surface area contributed by atoms with Crippen LogP contribution in [-0.4, -0.2) is 8.42 Å². The van der Waals surface area contributed by atoms with Crippen molar-refractivity contribution in [2.75, 3.05) is 0 Å². The lowest BCUT2D eigenvalue weighted by Crippen LogP contribution is -2.24. The van der Waals surface area contributed by atoms with Crippen LogP contribution in [0, 0.1) is 5.82 Å². The molecule has 2 aromatic carbocycles. The average molecular weight is 314 g/mol. The molecule has 0 bridgehead atoms. The smallest absolute Gasteiger partial charge is 0.212 e. The fraction of sp³-hybridized carbons (Fsp3) is 0.143. The molecule has 0 aromatic heterocycles. The summed E-state index contributed by atoms with van der Waals surface area (Å²) in [5, 5.41) is 0.497. The molecule has 0 amide bonds. The van der Waals surface area contributed by atoms with E-state index in [0.29, 0.717) is 16.1 Å². The summed E-state index contributed by atoms with van der Waals surface area (Å²) in [5.41, 5.74) is 1.31. The number of halogens is 2. The number of rotatable bonds is 5. The Hall–Kier alpha value is -1.43. The fourth-order valence-electron chi connectivity index (χ4n) is 1.69. The van der Waals surface area contributed by atoms with E-state index >= 15 is 0 Å². The average Bonchev–Trinajstić information content (AvgIpc) is 2.37. The van der Waals surface area contributed by atoms with Gasteiger partial charge in [0.2, 0.25) is 10.0 Å². The predicted molar refractivity (Wildman–Crippen MR) is 77.3 cm³/mol. The van der Waals surface area contributed by atoms with E-state index in [-0.39, 0.29) is 18.1 Å². The van der Waals surface area contributed by atoms with Gasteiger partial charge in [0.25, 0.3) is 0 Å². The van der Waals surface area contributed by atoms with Crippen molar-refractivity contribution in [1.29, 1.82) is 0 Å². The topological polar surface area (TPSA) is 46.2 Å². The van der Waals surface area contributed by atoms with Crippen LogP contribution < -0.4 is 4.72 Å². The first-order valence-electron chi connectivity index (χ1n) is 5.91. The van der Waals surface area contributed by atoms with Gasteiger partial charge in [-0.05, 0) is 35.4 Å². The molecule has 0 heterocycles. The zero-order chi connectivity index (χ0) is 14.6. The number of sulfonamides is 1. The molecule has 0 aliphatic rings. The second-order valence-corrected chi connectivity index (χ2v) is 6.58. The van der Waals surface area contributed by atoms with Crippen molar-refractivity contribution in [3.8, 4) is 0 Å². The van der Waals surface area contributed by atoms with Crippen molar-refractivity contribution in [3.05, 3.63) is 70.5 Å². The summed E-state index contributed by atoms with van der Waals surface area (Å²) in [7, 11) is -3.46. The van der Waals surface area contributed by atoms with Gasteiger partial charge in [0, 0.05) is 11.6 Å². The zero-order valence-corrected chi connectivity index (χ0v) is 12.1. The highest BCUT2D eigenvalue weighted by Crippen LogP contribution is 2.13. The van der Waals surface area contributed by atoms with Gasteiger partial charge in [-0.3, -0.25) is 0 Å². The van der Waals surface area contributed by atoms with Gasteiger partial charge in [0.15, 0.2) is 0 Å². The van der Waals surface area contributed by atoms with Gasteiger partial charge >= 0.3 is 0 Å². The van der Waals surface area contributed by atoms with Gasteiger partial charge in [-0.15, -0.1) is 0 Å². The third-order valence-corrected chi connectivity index (χ3v) is 4.19. The Morgan fingerprint density at radius 2 is 1.75 bits per heavy atom. The van der Waals surface area contributed by atoms with Crippen molar-refractivity contribution in [1.82, 2.24) is 4.72 Å². The van der Waals surface area contributed by atoms with Gasteiger partial charge < -0.3 is 0 Å². The molecule has 0 unspecified atom stereocenters. The monoisotopic (exact) mass is 313 g/mol. The summed E-state index contributed by atoms with van der Waals surface area (Å²) >= 11 is 5.81. The van der Waals surface area contributed by atoms with Crippen molar-refractivity contribution in [2.45, 2.75) is 12.3 Å². The molecule has 1 N–H and O–H groups in total. The fourth-order valence-corrected chi connectivity index (χ4v) is 3.01.